The van der Waals surface area contributed by atoms with Crippen LogP contribution in [0.1, 0.15) is 38.8 Å². The molecule has 0 radical (unpaired) electrons. The van der Waals surface area contributed by atoms with Crippen molar-refractivity contribution >= 4 is 15.9 Å². The van der Waals surface area contributed by atoms with E-state index in [9.17, 15) is 13.2 Å². The number of amides is 1. The van der Waals surface area contributed by atoms with Crippen molar-refractivity contribution in [2.24, 2.45) is 0 Å². The van der Waals surface area contributed by atoms with Crippen molar-refractivity contribution in [2.45, 2.75) is 51.0 Å². The number of carbonyl (C=O) groups is 1. The van der Waals surface area contributed by atoms with Crippen molar-refractivity contribution < 1.29 is 17.9 Å². The highest BCUT2D eigenvalue weighted by Gasteiger charge is 2.32. The van der Waals surface area contributed by atoms with Gasteiger partial charge in [-0.05, 0) is 49.1 Å². The predicted molar refractivity (Wildman–Crippen MR) is 122 cm³/mol. The molecule has 0 N–H and O–H groups in total. The topological polar surface area (TPSA) is 66.9 Å². The molecule has 1 amide bonds. The predicted octanol–water partition coefficient (Wildman–Crippen LogP) is 3.59. The maximum absolute atomic E-state index is 12.8. The van der Waals surface area contributed by atoms with E-state index in [-0.39, 0.29) is 29.3 Å². The molecule has 0 aliphatic carbocycles. The zero-order chi connectivity index (χ0) is 22.8. The number of hydrogen-bond acceptors (Lipinski definition) is 4. The van der Waals surface area contributed by atoms with Gasteiger partial charge in [-0.1, -0.05) is 50.6 Å². The Morgan fingerprint density at radius 3 is 2.00 bits per heavy atom. The molecule has 0 bridgehead atoms. The van der Waals surface area contributed by atoms with Gasteiger partial charge in [0.05, 0.1) is 4.90 Å². The Kier molecular flexibility index (Phi) is 6.76. The summed E-state index contributed by atoms with van der Waals surface area (Å²) in [6.45, 7) is 11.3. The van der Waals surface area contributed by atoms with Gasteiger partial charge in [0.15, 0.2) is 6.10 Å². The standard InChI is InChI=1S/C24H32N2O4S/c1-18-6-12-22(13-7-18)31(28,29)26-16-14-25(15-17-26)23(27)19(2)30-21-10-8-20(9-11-21)24(3,4)5/h6-13,19H,14-17H2,1-5H3. The van der Waals surface area contributed by atoms with Gasteiger partial charge >= 0.3 is 0 Å². The Morgan fingerprint density at radius 1 is 0.935 bits per heavy atom. The monoisotopic (exact) mass is 444 g/mol. The molecule has 31 heavy (non-hydrogen) atoms. The lowest BCUT2D eigenvalue weighted by atomic mass is 9.87. The summed E-state index contributed by atoms with van der Waals surface area (Å²) in [5.41, 5.74) is 2.26. The van der Waals surface area contributed by atoms with Crippen LogP contribution in [0.4, 0.5) is 0 Å². The number of benzene rings is 2. The van der Waals surface area contributed by atoms with Crippen LogP contribution in [0.3, 0.4) is 0 Å². The van der Waals surface area contributed by atoms with Gasteiger partial charge in [-0.25, -0.2) is 8.42 Å². The van der Waals surface area contributed by atoms with Crippen LogP contribution in [-0.4, -0.2) is 55.8 Å². The van der Waals surface area contributed by atoms with E-state index < -0.39 is 16.1 Å². The summed E-state index contributed by atoms with van der Waals surface area (Å²) in [6.07, 6.45) is -0.638. The Hall–Kier alpha value is -2.38. The maximum atomic E-state index is 12.8. The Bertz CT molecular complexity index is 1000. The normalized spacial score (nSPS) is 16.7. The number of aryl methyl sites for hydroxylation is 1. The van der Waals surface area contributed by atoms with Gasteiger partial charge in [-0.2, -0.15) is 4.31 Å². The SMILES string of the molecule is Cc1ccc(S(=O)(=O)N2CCN(C(=O)C(C)Oc3ccc(C(C)(C)C)cc3)CC2)cc1. The number of carbonyl (C=O) groups excluding carboxylic acids is 1. The largest absolute Gasteiger partial charge is 0.481 e. The van der Waals surface area contributed by atoms with Crippen LogP contribution < -0.4 is 4.74 Å². The number of ether oxygens (including phenoxy) is 1. The molecule has 6 nitrogen and oxygen atoms in total. The van der Waals surface area contributed by atoms with Gasteiger partial charge in [0, 0.05) is 26.2 Å². The average molecular weight is 445 g/mol. The summed E-state index contributed by atoms with van der Waals surface area (Å²) in [6, 6.07) is 14.6. The average Bonchev–Trinajstić information content (AvgIpc) is 2.73. The van der Waals surface area contributed by atoms with Crippen molar-refractivity contribution in [1.82, 2.24) is 9.21 Å². The fourth-order valence-corrected chi connectivity index (χ4v) is 4.98. The molecule has 1 saturated heterocycles. The minimum absolute atomic E-state index is 0.0541. The van der Waals surface area contributed by atoms with Crippen molar-refractivity contribution in [1.29, 1.82) is 0 Å². The van der Waals surface area contributed by atoms with Crippen LogP contribution >= 0.6 is 0 Å². The summed E-state index contributed by atoms with van der Waals surface area (Å²) >= 11 is 0. The van der Waals surface area contributed by atoms with Gasteiger partial charge in [-0.3, -0.25) is 4.79 Å². The Balaban J connectivity index is 1.57. The number of hydrogen-bond donors (Lipinski definition) is 0. The second-order valence-electron chi connectivity index (χ2n) is 9.08. The number of rotatable bonds is 5. The van der Waals surface area contributed by atoms with Crippen LogP contribution in [0.2, 0.25) is 0 Å². The van der Waals surface area contributed by atoms with E-state index in [4.69, 9.17) is 4.74 Å². The lowest BCUT2D eigenvalue weighted by Crippen LogP contribution is -2.53. The van der Waals surface area contributed by atoms with Gasteiger partial charge in [-0.15, -0.1) is 0 Å². The fourth-order valence-electron chi connectivity index (χ4n) is 3.55. The molecule has 0 aromatic heterocycles. The van der Waals surface area contributed by atoms with E-state index in [2.05, 4.69) is 20.8 Å². The molecular formula is C24H32N2O4S. The quantitative estimate of drug-likeness (QED) is 0.707. The molecular weight excluding hydrogens is 412 g/mol. The highest BCUT2D eigenvalue weighted by atomic mass is 32.2. The first-order valence-corrected chi connectivity index (χ1v) is 12.1. The molecule has 1 unspecified atom stereocenters. The number of sulfonamides is 1. The molecule has 2 aromatic rings. The molecule has 0 saturated carbocycles. The molecule has 7 heteroatoms. The first-order valence-electron chi connectivity index (χ1n) is 10.6. The number of piperazine rings is 1. The summed E-state index contributed by atoms with van der Waals surface area (Å²) in [4.78, 5) is 14.8. The molecule has 1 aliphatic heterocycles. The fraction of sp³-hybridized carbons (Fsp3) is 0.458. The molecule has 1 aliphatic rings. The van der Waals surface area contributed by atoms with Gasteiger partial charge in [0.25, 0.3) is 5.91 Å². The summed E-state index contributed by atoms with van der Waals surface area (Å²) in [7, 11) is -3.55. The van der Waals surface area contributed by atoms with Crippen LogP contribution in [0.25, 0.3) is 0 Å². The van der Waals surface area contributed by atoms with Gasteiger partial charge in [0.1, 0.15) is 5.75 Å². The second-order valence-corrected chi connectivity index (χ2v) is 11.0. The minimum atomic E-state index is -3.55. The van der Waals surface area contributed by atoms with Crippen molar-refractivity contribution in [3.05, 3.63) is 59.7 Å². The third-order valence-electron chi connectivity index (χ3n) is 5.59. The smallest absolute Gasteiger partial charge is 0.263 e. The molecule has 2 aromatic carbocycles. The van der Waals surface area contributed by atoms with Crippen LogP contribution in [-0.2, 0) is 20.2 Å². The maximum Gasteiger partial charge on any atom is 0.263 e. The Labute approximate surface area is 185 Å². The van der Waals surface area contributed by atoms with E-state index in [1.165, 1.54) is 9.87 Å². The molecule has 3 rings (SSSR count). The highest BCUT2D eigenvalue weighted by Crippen LogP contribution is 2.25. The lowest BCUT2D eigenvalue weighted by Gasteiger charge is -2.35. The van der Waals surface area contributed by atoms with Gasteiger partial charge < -0.3 is 9.64 Å². The molecule has 1 heterocycles. The van der Waals surface area contributed by atoms with Crippen molar-refractivity contribution in [2.75, 3.05) is 26.2 Å². The molecule has 1 fully saturated rings. The zero-order valence-electron chi connectivity index (χ0n) is 19.0. The highest BCUT2D eigenvalue weighted by molar-refractivity contribution is 7.89. The van der Waals surface area contributed by atoms with Crippen molar-refractivity contribution in [3.63, 3.8) is 0 Å². The van der Waals surface area contributed by atoms with Crippen LogP contribution in [0.5, 0.6) is 5.75 Å². The lowest BCUT2D eigenvalue weighted by molar-refractivity contribution is -0.139. The summed E-state index contributed by atoms with van der Waals surface area (Å²) in [5.74, 6) is 0.515. The van der Waals surface area contributed by atoms with Crippen LogP contribution in [0.15, 0.2) is 53.4 Å². The van der Waals surface area contributed by atoms with E-state index in [0.29, 0.717) is 18.8 Å². The third-order valence-corrected chi connectivity index (χ3v) is 7.50. The zero-order valence-corrected chi connectivity index (χ0v) is 19.8. The molecule has 168 valence electrons. The van der Waals surface area contributed by atoms with Crippen molar-refractivity contribution in [3.8, 4) is 5.75 Å². The second kappa shape index (κ2) is 9.01. The molecule has 1 atom stereocenters. The minimum Gasteiger partial charge on any atom is -0.481 e. The van der Waals surface area contributed by atoms with Crippen LogP contribution in [0, 0.1) is 6.92 Å². The van der Waals surface area contributed by atoms with E-state index >= 15 is 0 Å². The third kappa shape index (κ3) is 5.46. The summed E-state index contributed by atoms with van der Waals surface area (Å²) in [5, 5.41) is 0. The molecule has 0 spiro atoms. The van der Waals surface area contributed by atoms with E-state index in [1.54, 1.807) is 36.1 Å². The number of nitrogens with zero attached hydrogens (tertiary/aromatic N) is 2. The Morgan fingerprint density at radius 2 is 1.48 bits per heavy atom. The summed E-state index contributed by atoms with van der Waals surface area (Å²) < 4.78 is 33.0. The first kappa shape index (κ1) is 23.3. The van der Waals surface area contributed by atoms with E-state index in [1.807, 2.05) is 31.2 Å². The first-order chi connectivity index (χ1) is 14.5. The van der Waals surface area contributed by atoms with Gasteiger partial charge in [0.2, 0.25) is 10.0 Å². The van der Waals surface area contributed by atoms with E-state index in [0.717, 1.165) is 5.56 Å².